The van der Waals surface area contributed by atoms with Crippen LogP contribution < -0.4 is 5.32 Å². The maximum Gasteiger partial charge on any atom is 0.126 e. The van der Waals surface area contributed by atoms with Gasteiger partial charge in [-0.2, -0.15) is 0 Å². The maximum absolute atomic E-state index is 12.9. The zero-order valence-corrected chi connectivity index (χ0v) is 9.31. The molecule has 3 heteroatoms. The van der Waals surface area contributed by atoms with Gasteiger partial charge in [0.15, 0.2) is 0 Å². The van der Waals surface area contributed by atoms with Crippen LogP contribution in [0.15, 0.2) is 18.2 Å². The van der Waals surface area contributed by atoms with Crippen LogP contribution in [0.4, 0.5) is 8.78 Å². The van der Waals surface area contributed by atoms with E-state index in [0.717, 1.165) is 37.6 Å². The van der Waals surface area contributed by atoms with Crippen LogP contribution in [-0.2, 0) is 6.42 Å². The van der Waals surface area contributed by atoms with Crippen molar-refractivity contribution in [3.63, 3.8) is 0 Å². The van der Waals surface area contributed by atoms with E-state index >= 15 is 0 Å². The summed E-state index contributed by atoms with van der Waals surface area (Å²) in [7, 11) is 0. The molecule has 0 aromatic heterocycles. The van der Waals surface area contributed by atoms with Crippen molar-refractivity contribution in [2.75, 3.05) is 13.1 Å². The minimum Gasteiger partial charge on any atom is -0.316 e. The lowest BCUT2D eigenvalue weighted by Crippen LogP contribution is -2.29. The predicted octanol–water partition coefficient (Wildman–Crippen LogP) is 2.90. The monoisotopic (exact) mass is 225 g/mol. The Bertz CT molecular complexity index is 326. The number of halogens is 2. The Morgan fingerprint density at radius 2 is 1.94 bits per heavy atom. The zero-order valence-electron chi connectivity index (χ0n) is 9.31. The molecule has 2 rings (SSSR count). The van der Waals surface area contributed by atoms with Gasteiger partial charge in [-0.25, -0.2) is 8.78 Å². The number of hydrogen-bond acceptors (Lipinski definition) is 1. The average molecular weight is 225 g/mol. The van der Waals surface area contributed by atoms with Gasteiger partial charge < -0.3 is 5.32 Å². The summed E-state index contributed by atoms with van der Waals surface area (Å²) in [6.07, 6.45) is 4.21. The number of rotatable bonds is 3. The average Bonchev–Trinajstić information content (AvgIpc) is 2.27. The second-order valence-electron chi connectivity index (χ2n) is 4.53. The second-order valence-corrected chi connectivity index (χ2v) is 4.53. The molecule has 16 heavy (non-hydrogen) atoms. The van der Waals surface area contributed by atoms with Gasteiger partial charge in [0, 0.05) is 6.07 Å². The fraction of sp³-hybridized carbons (Fsp3) is 0.538. The van der Waals surface area contributed by atoms with Crippen LogP contribution in [0, 0.1) is 17.6 Å². The highest BCUT2D eigenvalue weighted by Gasteiger charge is 2.12. The second kappa shape index (κ2) is 5.39. The quantitative estimate of drug-likeness (QED) is 0.834. The van der Waals surface area contributed by atoms with Gasteiger partial charge in [0.05, 0.1) is 0 Å². The zero-order chi connectivity index (χ0) is 11.4. The third kappa shape index (κ3) is 3.27. The Hall–Kier alpha value is -0.960. The van der Waals surface area contributed by atoms with Crippen molar-refractivity contribution in [3.05, 3.63) is 35.4 Å². The van der Waals surface area contributed by atoms with Crippen LogP contribution in [0.5, 0.6) is 0 Å². The molecule has 0 bridgehead atoms. The third-order valence-electron chi connectivity index (χ3n) is 3.16. The van der Waals surface area contributed by atoms with Gasteiger partial charge in [0.1, 0.15) is 11.6 Å². The van der Waals surface area contributed by atoms with Gasteiger partial charge in [-0.3, -0.25) is 0 Å². The third-order valence-corrected chi connectivity index (χ3v) is 3.16. The lowest BCUT2D eigenvalue weighted by molar-refractivity contribution is 0.358. The van der Waals surface area contributed by atoms with Crippen molar-refractivity contribution in [1.29, 1.82) is 0 Å². The first-order valence-corrected chi connectivity index (χ1v) is 5.90. The van der Waals surface area contributed by atoms with Gasteiger partial charge in [-0.1, -0.05) is 0 Å². The topological polar surface area (TPSA) is 12.0 Å². The van der Waals surface area contributed by atoms with Crippen molar-refractivity contribution < 1.29 is 8.78 Å². The molecule has 1 saturated heterocycles. The molecule has 1 aromatic carbocycles. The molecule has 0 spiro atoms. The summed E-state index contributed by atoms with van der Waals surface area (Å²) in [5.41, 5.74) is 0.767. The fourth-order valence-corrected chi connectivity index (χ4v) is 2.30. The number of aryl methyl sites for hydroxylation is 1. The van der Waals surface area contributed by atoms with E-state index in [1.165, 1.54) is 25.0 Å². The molecule has 1 fully saturated rings. The van der Waals surface area contributed by atoms with Crippen molar-refractivity contribution in [3.8, 4) is 0 Å². The van der Waals surface area contributed by atoms with Gasteiger partial charge in [0.25, 0.3) is 0 Å². The van der Waals surface area contributed by atoms with E-state index in [2.05, 4.69) is 5.32 Å². The van der Waals surface area contributed by atoms with Gasteiger partial charge in [0.2, 0.25) is 0 Å². The lowest BCUT2D eigenvalue weighted by Gasteiger charge is -2.22. The summed E-state index contributed by atoms with van der Waals surface area (Å²) in [6.45, 7) is 2.14. The Morgan fingerprint density at radius 3 is 2.56 bits per heavy atom. The van der Waals surface area contributed by atoms with E-state index in [4.69, 9.17) is 0 Å². The standard InChI is InChI=1S/C13H17F2N/c14-12-6-11(7-13(15)8-12)4-3-10-2-1-5-16-9-10/h6-8,10,16H,1-5,9H2. The van der Waals surface area contributed by atoms with Crippen molar-refractivity contribution in [2.45, 2.75) is 25.7 Å². The summed E-state index contributed by atoms with van der Waals surface area (Å²) in [5, 5.41) is 3.35. The maximum atomic E-state index is 12.9. The molecule has 1 heterocycles. The number of benzene rings is 1. The fourth-order valence-electron chi connectivity index (χ4n) is 2.30. The smallest absolute Gasteiger partial charge is 0.126 e. The van der Waals surface area contributed by atoms with E-state index in [0.29, 0.717) is 5.92 Å². The highest BCUT2D eigenvalue weighted by atomic mass is 19.1. The van der Waals surface area contributed by atoms with Gasteiger partial charge in [-0.05, 0) is 62.4 Å². The molecule has 0 saturated carbocycles. The van der Waals surface area contributed by atoms with Crippen LogP contribution in [0.3, 0.4) is 0 Å². The molecule has 1 aliphatic rings. The minimum absolute atomic E-state index is 0.475. The summed E-state index contributed by atoms with van der Waals surface area (Å²) < 4.78 is 25.9. The van der Waals surface area contributed by atoms with Crippen LogP contribution >= 0.6 is 0 Å². The Morgan fingerprint density at radius 1 is 1.19 bits per heavy atom. The largest absolute Gasteiger partial charge is 0.316 e. The normalized spacial score (nSPS) is 21.0. The van der Waals surface area contributed by atoms with Gasteiger partial charge >= 0.3 is 0 Å². The lowest BCUT2D eigenvalue weighted by atomic mass is 9.93. The Kier molecular flexibility index (Phi) is 3.88. The summed E-state index contributed by atoms with van der Waals surface area (Å²) in [5.74, 6) is -0.298. The molecular weight excluding hydrogens is 208 g/mol. The minimum atomic E-state index is -0.475. The van der Waals surface area contributed by atoms with Crippen LogP contribution in [0.2, 0.25) is 0 Å². The molecule has 1 aromatic rings. The van der Waals surface area contributed by atoms with Crippen LogP contribution in [0.25, 0.3) is 0 Å². The van der Waals surface area contributed by atoms with E-state index in [1.807, 2.05) is 0 Å². The Labute approximate surface area is 94.9 Å². The molecule has 1 N–H and O–H groups in total. The molecular formula is C13H17F2N. The molecule has 0 radical (unpaired) electrons. The molecule has 88 valence electrons. The predicted molar refractivity (Wildman–Crippen MR) is 60.3 cm³/mol. The Balaban J connectivity index is 1.88. The summed E-state index contributed by atoms with van der Waals surface area (Å²) in [4.78, 5) is 0. The summed E-state index contributed by atoms with van der Waals surface area (Å²) in [6, 6.07) is 3.78. The SMILES string of the molecule is Fc1cc(F)cc(CCC2CCCNC2)c1. The first-order chi connectivity index (χ1) is 7.74. The number of piperidine rings is 1. The highest BCUT2D eigenvalue weighted by molar-refractivity contribution is 5.18. The molecule has 1 nitrogen and oxygen atoms in total. The van der Waals surface area contributed by atoms with E-state index in [9.17, 15) is 8.78 Å². The molecule has 1 aliphatic heterocycles. The number of hydrogen-bond donors (Lipinski definition) is 1. The van der Waals surface area contributed by atoms with Crippen molar-refractivity contribution in [1.82, 2.24) is 5.32 Å². The van der Waals surface area contributed by atoms with Crippen LogP contribution in [-0.4, -0.2) is 13.1 Å². The van der Waals surface area contributed by atoms with Gasteiger partial charge in [-0.15, -0.1) is 0 Å². The molecule has 1 atom stereocenters. The molecule has 0 aliphatic carbocycles. The van der Waals surface area contributed by atoms with E-state index < -0.39 is 11.6 Å². The van der Waals surface area contributed by atoms with Crippen LogP contribution in [0.1, 0.15) is 24.8 Å². The number of nitrogens with one attached hydrogen (secondary N) is 1. The first kappa shape index (κ1) is 11.5. The first-order valence-electron chi connectivity index (χ1n) is 5.90. The van der Waals surface area contributed by atoms with Crippen molar-refractivity contribution >= 4 is 0 Å². The molecule has 0 amide bonds. The summed E-state index contributed by atoms with van der Waals surface area (Å²) >= 11 is 0. The van der Waals surface area contributed by atoms with E-state index in [1.54, 1.807) is 0 Å². The van der Waals surface area contributed by atoms with E-state index in [-0.39, 0.29) is 0 Å². The highest BCUT2D eigenvalue weighted by Crippen LogP contribution is 2.18. The van der Waals surface area contributed by atoms with Crippen molar-refractivity contribution in [2.24, 2.45) is 5.92 Å². The molecule has 1 unspecified atom stereocenters.